The van der Waals surface area contributed by atoms with Gasteiger partial charge in [-0.05, 0) is 50.1 Å². The molecule has 2 N–H and O–H groups in total. The molecule has 0 bridgehead atoms. The van der Waals surface area contributed by atoms with E-state index in [0.717, 1.165) is 37.2 Å². The third-order valence-electron chi connectivity index (χ3n) is 4.86. The van der Waals surface area contributed by atoms with Crippen molar-refractivity contribution < 1.29 is 14.3 Å². The van der Waals surface area contributed by atoms with Crippen molar-refractivity contribution in [1.29, 1.82) is 0 Å². The molecule has 3 heterocycles. The molecule has 0 saturated carbocycles. The van der Waals surface area contributed by atoms with E-state index in [1.165, 1.54) is 0 Å². The molecule has 1 saturated heterocycles. The van der Waals surface area contributed by atoms with Gasteiger partial charge in [0.2, 0.25) is 0 Å². The number of nitrogens with zero attached hydrogens (tertiary/aromatic N) is 3. The largest absolute Gasteiger partial charge is 0.492 e. The van der Waals surface area contributed by atoms with E-state index in [0.29, 0.717) is 29.4 Å². The molecule has 28 heavy (non-hydrogen) atoms. The van der Waals surface area contributed by atoms with Gasteiger partial charge in [0.25, 0.3) is 5.91 Å². The number of amides is 1. The van der Waals surface area contributed by atoms with E-state index in [9.17, 15) is 4.79 Å². The fourth-order valence-electron chi connectivity index (χ4n) is 3.43. The van der Waals surface area contributed by atoms with Crippen LogP contribution >= 0.6 is 0 Å². The van der Waals surface area contributed by atoms with E-state index >= 15 is 0 Å². The van der Waals surface area contributed by atoms with Crippen LogP contribution in [0.4, 0.5) is 5.69 Å². The standard InChI is InChI=1S/C21H24N4O3/c1-2-27-18-8-7-15(12-16(18)22)17-13-25-11-5-6-19(21(25)23-17)28-14-20(26)24-9-3-4-10-24/h5-8,11-13H,2-4,9-10,14,22H2,1H3. The van der Waals surface area contributed by atoms with E-state index in [2.05, 4.69) is 0 Å². The molecule has 0 aliphatic carbocycles. The van der Waals surface area contributed by atoms with Crippen molar-refractivity contribution in [1.82, 2.24) is 14.3 Å². The van der Waals surface area contributed by atoms with Crippen LogP contribution in [0.2, 0.25) is 0 Å². The number of pyridine rings is 1. The molecule has 1 aliphatic heterocycles. The monoisotopic (exact) mass is 380 g/mol. The highest BCUT2D eigenvalue weighted by Gasteiger charge is 2.19. The number of hydrogen-bond acceptors (Lipinski definition) is 5. The Hall–Kier alpha value is -3.22. The minimum absolute atomic E-state index is 0.0190. The molecule has 1 aromatic carbocycles. The molecule has 1 amide bonds. The minimum Gasteiger partial charge on any atom is -0.492 e. The summed E-state index contributed by atoms with van der Waals surface area (Å²) in [5.41, 5.74) is 8.99. The Bertz CT molecular complexity index is 992. The molecule has 1 aliphatic rings. The molecule has 3 aromatic rings. The van der Waals surface area contributed by atoms with Crippen LogP contribution in [-0.2, 0) is 4.79 Å². The van der Waals surface area contributed by atoms with Crippen molar-refractivity contribution in [3.8, 4) is 22.8 Å². The Morgan fingerprint density at radius 2 is 2.00 bits per heavy atom. The molecule has 0 unspecified atom stereocenters. The third-order valence-corrected chi connectivity index (χ3v) is 4.86. The zero-order chi connectivity index (χ0) is 19.5. The second-order valence-electron chi connectivity index (χ2n) is 6.79. The molecular formula is C21H24N4O3. The van der Waals surface area contributed by atoms with Gasteiger partial charge in [0.1, 0.15) is 5.75 Å². The van der Waals surface area contributed by atoms with Crippen molar-refractivity contribution in [3.05, 3.63) is 42.7 Å². The molecular weight excluding hydrogens is 356 g/mol. The number of nitrogen functional groups attached to an aromatic ring is 1. The van der Waals surface area contributed by atoms with E-state index in [-0.39, 0.29) is 12.5 Å². The summed E-state index contributed by atoms with van der Waals surface area (Å²) in [7, 11) is 0. The fourth-order valence-corrected chi connectivity index (χ4v) is 3.43. The number of ether oxygens (including phenoxy) is 2. The van der Waals surface area contributed by atoms with Crippen LogP contribution in [0.3, 0.4) is 0 Å². The zero-order valence-electron chi connectivity index (χ0n) is 15.9. The number of benzene rings is 1. The van der Waals surface area contributed by atoms with Gasteiger partial charge in [-0.25, -0.2) is 4.98 Å². The first-order valence-electron chi connectivity index (χ1n) is 9.56. The number of aromatic nitrogens is 2. The van der Waals surface area contributed by atoms with Gasteiger partial charge in [0.05, 0.1) is 18.0 Å². The summed E-state index contributed by atoms with van der Waals surface area (Å²) >= 11 is 0. The second-order valence-corrected chi connectivity index (χ2v) is 6.79. The van der Waals surface area contributed by atoms with E-state index in [4.69, 9.17) is 20.2 Å². The molecule has 4 rings (SSSR count). The van der Waals surface area contributed by atoms with Crippen LogP contribution in [0.15, 0.2) is 42.7 Å². The Morgan fingerprint density at radius 1 is 1.18 bits per heavy atom. The van der Waals surface area contributed by atoms with Gasteiger partial charge < -0.3 is 24.5 Å². The Labute approximate surface area is 163 Å². The Balaban J connectivity index is 1.56. The van der Waals surface area contributed by atoms with E-state index in [1.807, 2.05) is 58.9 Å². The summed E-state index contributed by atoms with van der Waals surface area (Å²) < 4.78 is 13.2. The van der Waals surface area contributed by atoms with Gasteiger partial charge in [0, 0.05) is 31.0 Å². The van der Waals surface area contributed by atoms with Crippen molar-refractivity contribution in [3.63, 3.8) is 0 Å². The molecule has 7 nitrogen and oxygen atoms in total. The lowest BCUT2D eigenvalue weighted by Crippen LogP contribution is -2.32. The summed E-state index contributed by atoms with van der Waals surface area (Å²) in [4.78, 5) is 18.8. The summed E-state index contributed by atoms with van der Waals surface area (Å²) in [5.74, 6) is 1.27. The van der Waals surface area contributed by atoms with Crippen molar-refractivity contribution in [2.75, 3.05) is 32.0 Å². The first-order valence-corrected chi connectivity index (χ1v) is 9.56. The highest BCUT2D eigenvalue weighted by Crippen LogP contribution is 2.30. The maximum atomic E-state index is 12.3. The quantitative estimate of drug-likeness (QED) is 0.665. The van der Waals surface area contributed by atoms with E-state index < -0.39 is 0 Å². The molecule has 0 atom stereocenters. The fraction of sp³-hybridized carbons (Fsp3) is 0.333. The van der Waals surface area contributed by atoms with E-state index in [1.54, 1.807) is 0 Å². The Kier molecular flexibility index (Phi) is 5.06. The highest BCUT2D eigenvalue weighted by molar-refractivity contribution is 5.78. The van der Waals surface area contributed by atoms with Crippen molar-refractivity contribution >= 4 is 17.2 Å². The number of rotatable bonds is 6. The molecule has 2 aromatic heterocycles. The lowest BCUT2D eigenvalue weighted by Gasteiger charge is -2.15. The van der Waals surface area contributed by atoms with Gasteiger partial charge in [-0.2, -0.15) is 0 Å². The number of hydrogen-bond donors (Lipinski definition) is 1. The van der Waals surface area contributed by atoms with Crippen LogP contribution in [0.5, 0.6) is 11.5 Å². The first-order chi connectivity index (χ1) is 13.7. The average molecular weight is 380 g/mol. The predicted octanol–water partition coefficient (Wildman–Crippen LogP) is 2.98. The van der Waals surface area contributed by atoms with Crippen LogP contribution in [0, 0.1) is 0 Å². The summed E-state index contributed by atoms with van der Waals surface area (Å²) in [6.07, 6.45) is 5.95. The summed E-state index contributed by atoms with van der Waals surface area (Å²) in [6, 6.07) is 9.34. The molecule has 0 radical (unpaired) electrons. The van der Waals surface area contributed by atoms with Gasteiger partial charge in [-0.15, -0.1) is 0 Å². The third kappa shape index (κ3) is 3.60. The van der Waals surface area contributed by atoms with Crippen LogP contribution in [0.1, 0.15) is 19.8 Å². The smallest absolute Gasteiger partial charge is 0.260 e. The maximum Gasteiger partial charge on any atom is 0.260 e. The van der Waals surface area contributed by atoms with Gasteiger partial charge in [-0.1, -0.05) is 0 Å². The number of imidazole rings is 1. The Morgan fingerprint density at radius 3 is 2.75 bits per heavy atom. The van der Waals surface area contributed by atoms with Crippen molar-refractivity contribution in [2.45, 2.75) is 19.8 Å². The van der Waals surface area contributed by atoms with Crippen LogP contribution in [0.25, 0.3) is 16.9 Å². The predicted molar refractivity (Wildman–Crippen MR) is 108 cm³/mol. The number of nitrogens with two attached hydrogens (primary N) is 1. The highest BCUT2D eigenvalue weighted by atomic mass is 16.5. The molecule has 146 valence electrons. The maximum absolute atomic E-state index is 12.3. The minimum atomic E-state index is 0.0190. The van der Waals surface area contributed by atoms with Gasteiger partial charge >= 0.3 is 0 Å². The SMILES string of the molecule is CCOc1ccc(-c2cn3cccc(OCC(=O)N4CCCC4)c3n2)cc1N. The first kappa shape index (κ1) is 18.2. The summed E-state index contributed by atoms with van der Waals surface area (Å²) in [6.45, 7) is 4.15. The average Bonchev–Trinajstić information content (AvgIpc) is 3.37. The number of fused-ring (bicyclic) bond motifs is 1. The normalized spacial score (nSPS) is 13.8. The van der Waals surface area contributed by atoms with Crippen LogP contribution in [-0.4, -0.2) is 46.5 Å². The van der Waals surface area contributed by atoms with Crippen molar-refractivity contribution in [2.24, 2.45) is 0 Å². The topological polar surface area (TPSA) is 82.1 Å². The zero-order valence-corrected chi connectivity index (χ0v) is 15.9. The van der Waals surface area contributed by atoms with Gasteiger partial charge in [-0.3, -0.25) is 4.79 Å². The molecule has 0 spiro atoms. The number of anilines is 1. The number of carbonyl (C=O) groups is 1. The molecule has 7 heteroatoms. The second kappa shape index (κ2) is 7.80. The lowest BCUT2D eigenvalue weighted by molar-refractivity contribution is -0.132. The summed E-state index contributed by atoms with van der Waals surface area (Å²) in [5, 5.41) is 0. The number of carbonyl (C=O) groups excluding carboxylic acids is 1. The van der Waals surface area contributed by atoms with Gasteiger partial charge in [0.15, 0.2) is 18.0 Å². The number of likely N-dealkylation sites (tertiary alicyclic amines) is 1. The lowest BCUT2D eigenvalue weighted by atomic mass is 10.1. The van der Waals surface area contributed by atoms with Crippen LogP contribution < -0.4 is 15.2 Å². The molecule has 1 fully saturated rings.